The van der Waals surface area contributed by atoms with Crippen molar-refractivity contribution in [2.24, 2.45) is 0 Å². The topological polar surface area (TPSA) is 80.4 Å². The molecule has 0 saturated carbocycles. The van der Waals surface area contributed by atoms with E-state index in [4.69, 9.17) is 5.11 Å². The molecule has 0 spiro atoms. The molecule has 5 nitrogen and oxygen atoms in total. The number of carboxylic acid groups (broad SMARTS) is 1. The van der Waals surface area contributed by atoms with Crippen molar-refractivity contribution in [3.05, 3.63) is 43.7 Å². The molecule has 0 bridgehead atoms. The molecular formula is C8H5BrFNO4. The number of carboxylic acids is 1. The number of rotatable bonds is 3. The van der Waals surface area contributed by atoms with Gasteiger partial charge < -0.3 is 5.11 Å². The van der Waals surface area contributed by atoms with Gasteiger partial charge in [-0.1, -0.05) is 0 Å². The van der Waals surface area contributed by atoms with Crippen LogP contribution < -0.4 is 0 Å². The van der Waals surface area contributed by atoms with E-state index in [1.165, 1.54) is 0 Å². The third kappa shape index (κ3) is 2.72. The Morgan fingerprint density at radius 1 is 1.60 bits per heavy atom. The molecule has 0 fully saturated rings. The SMILES string of the molecule is O=C(O)c1cc(F)cc(C[N+](=O)[O-])c1Br. The van der Waals surface area contributed by atoms with Gasteiger partial charge in [-0.2, -0.15) is 0 Å². The average Bonchev–Trinajstić information content (AvgIpc) is 2.09. The maximum absolute atomic E-state index is 12.9. The Kier molecular flexibility index (Phi) is 3.35. The van der Waals surface area contributed by atoms with E-state index in [0.717, 1.165) is 12.1 Å². The van der Waals surface area contributed by atoms with Crippen molar-refractivity contribution >= 4 is 21.9 Å². The van der Waals surface area contributed by atoms with Gasteiger partial charge in [0, 0.05) is 15.0 Å². The van der Waals surface area contributed by atoms with Crippen LogP contribution in [0.1, 0.15) is 15.9 Å². The van der Waals surface area contributed by atoms with Crippen LogP contribution in [0.5, 0.6) is 0 Å². The minimum absolute atomic E-state index is 0.00241. The molecule has 7 heteroatoms. The number of aromatic carboxylic acids is 1. The van der Waals surface area contributed by atoms with Crippen LogP contribution in [0.15, 0.2) is 16.6 Å². The lowest BCUT2D eigenvalue weighted by molar-refractivity contribution is -0.497. The van der Waals surface area contributed by atoms with Crippen molar-refractivity contribution in [1.82, 2.24) is 0 Å². The summed E-state index contributed by atoms with van der Waals surface area (Å²) in [5, 5.41) is 18.9. The van der Waals surface area contributed by atoms with Crippen molar-refractivity contribution in [2.75, 3.05) is 0 Å². The summed E-state index contributed by atoms with van der Waals surface area (Å²) in [6.07, 6.45) is 0. The van der Waals surface area contributed by atoms with E-state index in [1.807, 2.05) is 0 Å². The Hall–Kier alpha value is -1.50. The normalized spacial score (nSPS) is 10.0. The second-order valence-electron chi connectivity index (χ2n) is 2.72. The lowest BCUT2D eigenvalue weighted by Crippen LogP contribution is -2.05. The first kappa shape index (κ1) is 11.6. The number of carbonyl (C=O) groups is 1. The number of hydrogen-bond acceptors (Lipinski definition) is 3. The van der Waals surface area contributed by atoms with Gasteiger partial charge in [-0.05, 0) is 28.1 Å². The Labute approximate surface area is 91.8 Å². The maximum Gasteiger partial charge on any atom is 0.336 e. The summed E-state index contributed by atoms with van der Waals surface area (Å²) < 4.78 is 12.9. The maximum atomic E-state index is 12.9. The first-order chi connectivity index (χ1) is 6.91. The fourth-order valence-corrected chi connectivity index (χ4v) is 1.58. The largest absolute Gasteiger partial charge is 0.478 e. The molecule has 1 aromatic rings. The number of halogens is 2. The van der Waals surface area contributed by atoms with Crippen LogP contribution >= 0.6 is 15.9 Å². The molecule has 0 saturated heterocycles. The summed E-state index contributed by atoms with van der Waals surface area (Å²) in [7, 11) is 0. The standard InChI is InChI=1S/C8H5BrFNO4/c9-7-4(3-11(14)15)1-5(10)2-6(7)8(12)13/h1-2H,3H2,(H,12,13). The highest BCUT2D eigenvalue weighted by Gasteiger charge is 2.17. The fourth-order valence-electron chi connectivity index (χ4n) is 1.06. The molecule has 0 radical (unpaired) electrons. The smallest absolute Gasteiger partial charge is 0.336 e. The number of nitro groups is 1. The summed E-state index contributed by atoms with van der Waals surface area (Å²) >= 11 is 2.89. The zero-order valence-corrected chi connectivity index (χ0v) is 8.82. The molecule has 1 aromatic carbocycles. The first-order valence-corrected chi connectivity index (χ1v) is 4.54. The molecule has 1 N–H and O–H groups in total. The number of hydrogen-bond donors (Lipinski definition) is 1. The molecule has 0 aromatic heterocycles. The highest BCUT2D eigenvalue weighted by molar-refractivity contribution is 9.10. The lowest BCUT2D eigenvalue weighted by atomic mass is 10.1. The molecule has 0 aliphatic carbocycles. The van der Waals surface area contributed by atoms with Crippen LogP contribution in [0.25, 0.3) is 0 Å². The van der Waals surface area contributed by atoms with Crippen LogP contribution in [0.2, 0.25) is 0 Å². The van der Waals surface area contributed by atoms with Crippen LogP contribution in [0.3, 0.4) is 0 Å². The Morgan fingerprint density at radius 2 is 2.20 bits per heavy atom. The third-order valence-electron chi connectivity index (χ3n) is 1.64. The van der Waals surface area contributed by atoms with Gasteiger partial charge in [0.1, 0.15) is 5.82 Å². The zero-order valence-electron chi connectivity index (χ0n) is 7.24. The minimum atomic E-state index is -1.34. The molecule has 0 heterocycles. The average molecular weight is 278 g/mol. The van der Waals surface area contributed by atoms with E-state index in [-0.39, 0.29) is 15.6 Å². The van der Waals surface area contributed by atoms with E-state index in [0.29, 0.717) is 0 Å². The van der Waals surface area contributed by atoms with E-state index < -0.39 is 23.3 Å². The third-order valence-corrected chi connectivity index (χ3v) is 2.58. The van der Waals surface area contributed by atoms with Crippen molar-refractivity contribution < 1.29 is 19.2 Å². The van der Waals surface area contributed by atoms with Crippen LogP contribution in [0, 0.1) is 15.9 Å². The van der Waals surface area contributed by atoms with E-state index >= 15 is 0 Å². The van der Waals surface area contributed by atoms with Gasteiger partial charge in [-0.15, -0.1) is 0 Å². The van der Waals surface area contributed by atoms with Crippen LogP contribution in [-0.4, -0.2) is 16.0 Å². The van der Waals surface area contributed by atoms with Crippen molar-refractivity contribution in [3.63, 3.8) is 0 Å². The van der Waals surface area contributed by atoms with Gasteiger partial charge in [0.15, 0.2) is 0 Å². The number of nitrogens with zero attached hydrogens (tertiary/aromatic N) is 1. The van der Waals surface area contributed by atoms with Crippen molar-refractivity contribution in [1.29, 1.82) is 0 Å². The molecule has 15 heavy (non-hydrogen) atoms. The predicted octanol–water partition coefficient (Wildman–Crippen LogP) is 2.06. The Morgan fingerprint density at radius 3 is 2.67 bits per heavy atom. The summed E-state index contributed by atoms with van der Waals surface area (Å²) in [4.78, 5) is 20.2. The monoisotopic (exact) mass is 277 g/mol. The van der Waals surface area contributed by atoms with Gasteiger partial charge >= 0.3 is 5.97 Å². The van der Waals surface area contributed by atoms with Crippen molar-refractivity contribution in [2.45, 2.75) is 6.54 Å². The quantitative estimate of drug-likeness (QED) is 0.677. The Bertz CT molecular complexity index is 435. The summed E-state index contributed by atoms with van der Waals surface area (Å²) in [5.41, 5.74) is -0.329. The molecule has 80 valence electrons. The van der Waals surface area contributed by atoms with Gasteiger partial charge in [0.25, 0.3) is 0 Å². The van der Waals surface area contributed by atoms with Gasteiger partial charge in [0.2, 0.25) is 6.54 Å². The molecule has 0 unspecified atom stereocenters. The molecular weight excluding hydrogens is 273 g/mol. The van der Waals surface area contributed by atoms with E-state index in [2.05, 4.69) is 15.9 Å². The summed E-state index contributed by atoms with van der Waals surface area (Å²) in [5.74, 6) is -2.15. The minimum Gasteiger partial charge on any atom is -0.478 e. The lowest BCUT2D eigenvalue weighted by Gasteiger charge is -2.03. The Balaban J connectivity index is 3.28. The van der Waals surface area contributed by atoms with Gasteiger partial charge in [-0.3, -0.25) is 10.1 Å². The highest BCUT2D eigenvalue weighted by atomic mass is 79.9. The fraction of sp³-hybridized carbons (Fsp3) is 0.125. The van der Waals surface area contributed by atoms with Crippen LogP contribution in [-0.2, 0) is 6.54 Å². The van der Waals surface area contributed by atoms with E-state index in [1.54, 1.807) is 0 Å². The van der Waals surface area contributed by atoms with Crippen molar-refractivity contribution in [3.8, 4) is 0 Å². The van der Waals surface area contributed by atoms with Gasteiger partial charge in [-0.25, -0.2) is 9.18 Å². The van der Waals surface area contributed by atoms with Crippen LogP contribution in [0.4, 0.5) is 4.39 Å². The molecule has 0 aliphatic heterocycles. The second kappa shape index (κ2) is 4.35. The summed E-state index contributed by atoms with van der Waals surface area (Å²) in [6, 6.07) is 1.73. The number of benzene rings is 1. The molecule has 0 atom stereocenters. The second-order valence-corrected chi connectivity index (χ2v) is 3.52. The van der Waals surface area contributed by atoms with Gasteiger partial charge in [0.05, 0.1) is 5.56 Å². The summed E-state index contributed by atoms with van der Waals surface area (Å²) in [6.45, 7) is -0.626. The predicted molar refractivity (Wildman–Crippen MR) is 51.8 cm³/mol. The zero-order chi connectivity index (χ0) is 11.6. The first-order valence-electron chi connectivity index (χ1n) is 3.75. The van der Waals surface area contributed by atoms with E-state index in [9.17, 15) is 19.3 Å². The molecule has 1 rings (SSSR count). The molecule has 0 aliphatic rings. The molecule has 0 amide bonds. The highest BCUT2D eigenvalue weighted by Crippen LogP contribution is 2.24.